The number of hydrogen-bond acceptors (Lipinski definition) is 6. The topological polar surface area (TPSA) is 112 Å². The van der Waals surface area contributed by atoms with Crippen molar-refractivity contribution in [1.29, 1.82) is 0 Å². The van der Waals surface area contributed by atoms with Crippen molar-refractivity contribution >= 4 is 29.3 Å². The number of rotatable bonds is 12. The second kappa shape index (κ2) is 17.2. The zero-order valence-electron chi connectivity index (χ0n) is 28.7. The van der Waals surface area contributed by atoms with Gasteiger partial charge in [-0.15, -0.1) is 0 Å². The molecule has 0 aromatic heterocycles. The molecule has 1 saturated heterocycles. The average Bonchev–Trinajstić information content (AvgIpc) is 3.16. The standard InChI is InChI=1S/C42H43N5O4/c1-43-29-39(48)45-33-17-10-16-32(28-33)41(49)44-24-27-47-25-22-34(23-26-47)51-42(50)46-38-21-11-20-36(31-14-6-3-7-15-31)40(38)37-19-9-8-18-35(37)30-12-4-2-5-13-30/h2-21,28,34,43H,22-27,29H2,1H3,(H,44,49)(H,45,48)(H,46,50). The number of piperidine rings is 1. The van der Waals surface area contributed by atoms with Crippen LogP contribution in [0.3, 0.4) is 0 Å². The van der Waals surface area contributed by atoms with Crippen molar-refractivity contribution in [3.63, 3.8) is 0 Å². The van der Waals surface area contributed by atoms with Crippen LogP contribution in [0.5, 0.6) is 0 Å². The molecule has 6 rings (SSSR count). The van der Waals surface area contributed by atoms with Crippen LogP contribution < -0.4 is 21.3 Å². The molecule has 260 valence electrons. The van der Waals surface area contributed by atoms with E-state index in [1.54, 1.807) is 31.3 Å². The number of likely N-dealkylation sites (tertiary alicyclic amines) is 1. The largest absolute Gasteiger partial charge is 0.446 e. The molecule has 0 saturated carbocycles. The Morgan fingerprint density at radius 1 is 0.706 bits per heavy atom. The molecular weight excluding hydrogens is 638 g/mol. The number of carbonyl (C=O) groups excluding carboxylic acids is 3. The summed E-state index contributed by atoms with van der Waals surface area (Å²) in [7, 11) is 1.70. The van der Waals surface area contributed by atoms with E-state index in [0.717, 1.165) is 46.5 Å². The number of amides is 3. The van der Waals surface area contributed by atoms with Crippen molar-refractivity contribution in [1.82, 2.24) is 15.5 Å². The minimum atomic E-state index is -0.478. The van der Waals surface area contributed by atoms with Gasteiger partial charge in [-0.05, 0) is 72.0 Å². The van der Waals surface area contributed by atoms with E-state index in [1.807, 2.05) is 60.7 Å². The highest BCUT2D eigenvalue weighted by molar-refractivity contribution is 6.02. The zero-order valence-corrected chi connectivity index (χ0v) is 28.7. The van der Waals surface area contributed by atoms with Crippen molar-refractivity contribution in [3.05, 3.63) is 133 Å². The van der Waals surface area contributed by atoms with Gasteiger partial charge < -0.3 is 25.6 Å². The Bertz CT molecular complexity index is 1940. The number of ether oxygens (including phenoxy) is 1. The number of benzene rings is 5. The summed E-state index contributed by atoms with van der Waals surface area (Å²) in [6, 6.07) is 41.6. The summed E-state index contributed by atoms with van der Waals surface area (Å²) in [5.74, 6) is -0.372. The van der Waals surface area contributed by atoms with Gasteiger partial charge in [0.05, 0.1) is 12.2 Å². The monoisotopic (exact) mass is 681 g/mol. The predicted octanol–water partition coefficient (Wildman–Crippen LogP) is 7.29. The van der Waals surface area contributed by atoms with Crippen LogP contribution in [-0.2, 0) is 9.53 Å². The van der Waals surface area contributed by atoms with E-state index >= 15 is 0 Å². The first-order valence-electron chi connectivity index (χ1n) is 17.3. The molecule has 4 N–H and O–H groups in total. The molecule has 5 aromatic rings. The molecule has 9 heteroatoms. The fourth-order valence-corrected chi connectivity index (χ4v) is 6.45. The number of anilines is 2. The maximum Gasteiger partial charge on any atom is 0.411 e. The fourth-order valence-electron chi connectivity index (χ4n) is 6.45. The molecule has 1 fully saturated rings. The zero-order chi connectivity index (χ0) is 35.4. The van der Waals surface area contributed by atoms with Crippen LogP contribution in [0.4, 0.5) is 16.2 Å². The first kappa shape index (κ1) is 35.1. The summed E-state index contributed by atoms with van der Waals surface area (Å²) < 4.78 is 5.97. The van der Waals surface area contributed by atoms with Crippen molar-refractivity contribution in [2.75, 3.05) is 50.4 Å². The molecule has 1 aliphatic rings. The van der Waals surface area contributed by atoms with Crippen molar-refractivity contribution in [2.24, 2.45) is 0 Å². The third-order valence-corrected chi connectivity index (χ3v) is 8.93. The molecule has 9 nitrogen and oxygen atoms in total. The lowest BCUT2D eigenvalue weighted by atomic mass is 9.88. The van der Waals surface area contributed by atoms with E-state index in [1.165, 1.54) is 0 Å². The van der Waals surface area contributed by atoms with Crippen LogP contribution in [0, 0.1) is 0 Å². The molecule has 0 unspecified atom stereocenters. The highest BCUT2D eigenvalue weighted by atomic mass is 16.6. The minimum Gasteiger partial charge on any atom is -0.446 e. The van der Waals surface area contributed by atoms with Crippen LogP contribution >= 0.6 is 0 Å². The van der Waals surface area contributed by atoms with Gasteiger partial charge in [-0.3, -0.25) is 14.9 Å². The molecule has 0 bridgehead atoms. The number of carbonyl (C=O) groups is 3. The summed E-state index contributed by atoms with van der Waals surface area (Å²) in [5, 5.41) is 11.6. The maximum atomic E-state index is 13.4. The minimum absolute atomic E-state index is 0.174. The molecular formula is C42H43N5O4. The molecule has 0 atom stereocenters. The van der Waals surface area contributed by atoms with Gasteiger partial charge in [0, 0.05) is 43.0 Å². The first-order valence-corrected chi connectivity index (χ1v) is 17.3. The smallest absolute Gasteiger partial charge is 0.411 e. The maximum absolute atomic E-state index is 13.4. The number of hydrogen-bond donors (Lipinski definition) is 4. The Labute approximate surface area is 299 Å². The normalized spacial score (nSPS) is 13.3. The van der Waals surface area contributed by atoms with Crippen molar-refractivity contribution in [2.45, 2.75) is 18.9 Å². The van der Waals surface area contributed by atoms with Gasteiger partial charge in [0.2, 0.25) is 5.91 Å². The van der Waals surface area contributed by atoms with Crippen LogP contribution in [0.1, 0.15) is 23.2 Å². The Kier molecular flexibility index (Phi) is 11.9. The number of nitrogens with one attached hydrogen (secondary N) is 4. The molecule has 51 heavy (non-hydrogen) atoms. The van der Waals surface area contributed by atoms with Crippen LogP contribution in [0.2, 0.25) is 0 Å². The molecule has 0 aliphatic carbocycles. The van der Waals surface area contributed by atoms with E-state index in [2.05, 4.69) is 68.6 Å². The van der Waals surface area contributed by atoms with Crippen LogP contribution in [-0.4, -0.2) is 68.7 Å². The van der Waals surface area contributed by atoms with Crippen molar-refractivity contribution in [3.8, 4) is 33.4 Å². The SMILES string of the molecule is CNCC(=O)Nc1cccc(C(=O)NCCN2CCC(OC(=O)Nc3cccc(-c4ccccc4)c3-c3ccccc3-c3ccccc3)CC2)c1. The van der Waals surface area contributed by atoms with E-state index in [0.29, 0.717) is 42.9 Å². The fraction of sp³-hybridized carbons (Fsp3) is 0.214. The Hall–Kier alpha value is -5.77. The molecule has 3 amide bonds. The summed E-state index contributed by atoms with van der Waals surface area (Å²) in [6.45, 7) is 2.85. The summed E-state index contributed by atoms with van der Waals surface area (Å²) in [6.07, 6.45) is 0.704. The van der Waals surface area contributed by atoms with Gasteiger partial charge in [0.15, 0.2) is 0 Å². The Balaban J connectivity index is 1.06. The Morgan fingerprint density at radius 2 is 1.33 bits per heavy atom. The van der Waals surface area contributed by atoms with Gasteiger partial charge >= 0.3 is 6.09 Å². The van der Waals surface area contributed by atoms with Gasteiger partial charge in [-0.25, -0.2) is 4.79 Å². The van der Waals surface area contributed by atoms with E-state index in [-0.39, 0.29) is 24.5 Å². The lowest BCUT2D eigenvalue weighted by Crippen LogP contribution is -2.42. The van der Waals surface area contributed by atoms with Gasteiger partial charge in [0.25, 0.3) is 5.91 Å². The van der Waals surface area contributed by atoms with E-state index in [4.69, 9.17) is 4.74 Å². The number of nitrogens with zero attached hydrogens (tertiary/aromatic N) is 1. The van der Waals surface area contributed by atoms with Crippen molar-refractivity contribution < 1.29 is 19.1 Å². The second-order valence-electron chi connectivity index (χ2n) is 12.5. The van der Waals surface area contributed by atoms with Gasteiger partial charge in [-0.1, -0.05) is 103 Å². The lowest BCUT2D eigenvalue weighted by molar-refractivity contribution is -0.115. The third kappa shape index (κ3) is 9.27. The van der Waals surface area contributed by atoms with E-state index < -0.39 is 6.09 Å². The number of likely N-dealkylation sites (N-methyl/N-ethyl adjacent to an activating group) is 1. The molecule has 1 aliphatic heterocycles. The Morgan fingerprint density at radius 3 is 2.04 bits per heavy atom. The lowest BCUT2D eigenvalue weighted by Gasteiger charge is -2.31. The summed E-state index contributed by atoms with van der Waals surface area (Å²) in [5.41, 5.74) is 7.93. The van der Waals surface area contributed by atoms with Crippen LogP contribution in [0.25, 0.3) is 33.4 Å². The molecule has 0 spiro atoms. The average molecular weight is 682 g/mol. The quantitative estimate of drug-likeness (QED) is 0.110. The summed E-state index contributed by atoms with van der Waals surface area (Å²) >= 11 is 0. The first-order chi connectivity index (χ1) is 25.0. The van der Waals surface area contributed by atoms with Gasteiger partial charge in [-0.2, -0.15) is 0 Å². The third-order valence-electron chi connectivity index (χ3n) is 8.93. The predicted molar refractivity (Wildman–Crippen MR) is 204 cm³/mol. The highest BCUT2D eigenvalue weighted by Crippen LogP contribution is 2.42. The second-order valence-corrected chi connectivity index (χ2v) is 12.5. The van der Waals surface area contributed by atoms with Crippen LogP contribution in [0.15, 0.2) is 127 Å². The summed E-state index contributed by atoms with van der Waals surface area (Å²) in [4.78, 5) is 40.3. The highest BCUT2D eigenvalue weighted by Gasteiger charge is 2.24. The molecule has 0 radical (unpaired) electrons. The molecule has 5 aromatic carbocycles. The van der Waals surface area contributed by atoms with Gasteiger partial charge in [0.1, 0.15) is 6.10 Å². The van der Waals surface area contributed by atoms with E-state index in [9.17, 15) is 14.4 Å². The molecule has 1 heterocycles.